The molecule has 0 saturated carbocycles. The van der Waals surface area contributed by atoms with Crippen LogP contribution in [0.25, 0.3) is 11.0 Å². The Balaban J connectivity index is 1.26. The fourth-order valence-corrected chi connectivity index (χ4v) is 4.50. The average Bonchev–Trinajstić information content (AvgIpc) is 3.12. The number of furan rings is 1. The molecule has 1 fully saturated rings. The van der Waals surface area contributed by atoms with E-state index in [1.807, 2.05) is 42.3 Å². The lowest BCUT2D eigenvalue weighted by Crippen LogP contribution is -2.38. The van der Waals surface area contributed by atoms with Gasteiger partial charge in [-0.05, 0) is 51.1 Å². The van der Waals surface area contributed by atoms with Gasteiger partial charge in [-0.25, -0.2) is 9.97 Å². The van der Waals surface area contributed by atoms with Gasteiger partial charge in [0.2, 0.25) is 0 Å². The van der Waals surface area contributed by atoms with Crippen molar-refractivity contribution >= 4 is 16.9 Å². The Morgan fingerprint density at radius 3 is 2.83 bits per heavy atom. The SMILES string of the molecule is Cc1cc2cc(C(=O)N3CCC(c4ncc5c(n4)CCN(C)C5)CC3)ccc2o1. The van der Waals surface area contributed by atoms with Crippen molar-refractivity contribution in [2.75, 3.05) is 26.7 Å². The second kappa shape index (κ2) is 7.26. The van der Waals surface area contributed by atoms with E-state index >= 15 is 0 Å². The summed E-state index contributed by atoms with van der Waals surface area (Å²) in [6.45, 7) is 5.40. The predicted molar refractivity (Wildman–Crippen MR) is 111 cm³/mol. The van der Waals surface area contributed by atoms with Crippen molar-refractivity contribution in [2.45, 2.75) is 38.6 Å². The number of hydrogen-bond acceptors (Lipinski definition) is 5. The van der Waals surface area contributed by atoms with Crippen LogP contribution >= 0.6 is 0 Å². The number of rotatable bonds is 2. The number of likely N-dealkylation sites (N-methyl/N-ethyl adjacent to an activating group) is 1. The molecule has 3 aromatic rings. The van der Waals surface area contributed by atoms with Crippen LogP contribution < -0.4 is 0 Å². The lowest BCUT2D eigenvalue weighted by molar-refractivity contribution is 0.0711. The number of likely N-dealkylation sites (tertiary alicyclic amines) is 1. The highest BCUT2D eigenvalue weighted by atomic mass is 16.3. The van der Waals surface area contributed by atoms with Crippen LogP contribution in [-0.2, 0) is 13.0 Å². The molecule has 0 spiro atoms. The van der Waals surface area contributed by atoms with Crippen LogP contribution in [0.2, 0.25) is 0 Å². The van der Waals surface area contributed by atoms with Crippen molar-refractivity contribution in [3.63, 3.8) is 0 Å². The molecule has 0 atom stereocenters. The van der Waals surface area contributed by atoms with Gasteiger partial charge < -0.3 is 14.2 Å². The standard InChI is InChI=1S/C23H26N4O2/c1-15-11-18-12-17(3-4-21(18)29-15)23(28)27-9-5-16(6-10-27)22-24-13-19-14-26(2)8-7-20(19)25-22/h3-4,11-13,16H,5-10,14H2,1-2H3. The molecule has 2 aliphatic rings. The van der Waals surface area contributed by atoms with Gasteiger partial charge >= 0.3 is 0 Å². The molecule has 0 N–H and O–H groups in total. The summed E-state index contributed by atoms with van der Waals surface area (Å²) in [6.07, 6.45) is 4.83. The summed E-state index contributed by atoms with van der Waals surface area (Å²) < 4.78 is 5.62. The van der Waals surface area contributed by atoms with Crippen LogP contribution in [0.4, 0.5) is 0 Å². The zero-order valence-electron chi connectivity index (χ0n) is 17.0. The number of nitrogens with zero attached hydrogens (tertiary/aromatic N) is 4. The number of aromatic nitrogens is 2. The first kappa shape index (κ1) is 18.3. The van der Waals surface area contributed by atoms with E-state index in [-0.39, 0.29) is 5.91 Å². The number of amides is 1. The van der Waals surface area contributed by atoms with E-state index in [0.717, 1.165) is 73.6 Å². The molecular weight excluding hydrogens is 364 g/mol. The highest BCUT2D eigenvalue weighted by Crippen LogP contribution is 2.28. The highest BCUT2D eigenvalue weighted by Gasteiger charge is 2.27. The maximum atomic E-state index is 13.0. The first-order valence-corrected chi connectivity index (χ1v) is 10.4. The van der Waals surface area contributed by atoms with Crippen LogP contribution in [0.15, 0.2) is 34.9 Å². The first-order valence-electron chi connectivity index (χ1n) is 10.4. The third kappa shape index (κ3) is 3.53. The van der Waals surface area contributed by atoms with E-state index in [0.29, 0.717) is 5.92 Å². The maximum absolute atomic E-state index is 13.0. The van der Waals surface area contributed by atoms with E-state index in [4.69, 9.17) is 9.40 Å². The van der Waals surface area contributed by atoms with Crippen molar-refractivity contribution in [3.05, 3.63) is 58.9 Å². The van der Waals surface area contributed by atoms with E-state index in [1.165, 1.54) is 11.3 Å². The van der Waals surface area contributed by atoms with Crippen molar-refractivity contribution in [2.24, 2.45) is 0 Å². The van der Waals surface area contributed by atoms with Gasteiger partial charge in [0, 0.05) is 66.9 Å². The molecule has 6 heteroatoms. The molecule has 5 rings (SSSR count). The Morgan fingerprint density at radius 2 is 2.00 bits per heavy atom. The van der Waals surface area contributed by atoms with Gasteiger partial charge in [-0.3, -0.25) is 4.79 Å². The van der Waals surface area contributed by atoms with E-state index in [9.17, 15) is 4.79 Å². The molecule has 4 heterocycles. The predicted octanol–water partition coefficient (Wildman–Crippen LogP) is 3.54. The number of carbonyl (C=O) groups is 1. The largest absolute Gasteiger partial charge is 0.461 e. The van der Waals surface area contributed by atoms with Gasteiger partial charge in [0.05, 0.1) is 0 Å². The lowest BCUT2D eigenvalue weighted by Gasteiger charge is -2.32. The minimum Gasteiger partial charge on any atom is -0.461 e. The van der Waals surface area contributed by atoms with Crippen LogP contribution in [0.1, 0.15) is 52.0 Å². The number of hydrogen-bond donors (Lipinski definition) is 0. The van der Waals surface area contributed by atoms with Crippen LogP contribution in [-0.4, -0.2) is 52.4 Å². The Bertz CT molecular complexity index is 1070. The second-order valence-corrected chi connectivity index (χ2v) is 8.36. The Kier molecular flexibility index (Phi) is 4.59. The summed E-state index contributed by atoms with van der Waals surface area (Å²) in [5.74, 6) is 2.25. The van der Waals surface area contributed by atoms with Crippen LogP contribution in [0.3, 0.4) is 0 Å². The van der Waals surface area contributed by atoms with Gasteiger partial charge in [0.1, 0.15) is 17.2 Å². The van der Waals surface area contributed by atoms with Gasteiger partial charge in [0.15, 0.2) is 0 Å². The lowest BCUT2D eigenvalue weighted by atomic mass is 9.94. The molecule has 1 saturated heterocycles. The molecule has 150 valence electrons. The van der Waals surface area contributed by atoms with E-state index in [1.54, 1.807) is 0 Å². The fourth-order valence-electron chi connectivity index (χ4n) is 4.50. The van der Waals surface area contributed by atoms with Crippen molar-refractivity contribution in [1.82, 2.24) is 19.8 Å². The molecular formula is C23H26N4O2. The van der Waals surface area contributed by atoms with Gasteiger partial charge in [-0.1, -0.05) is 0 Å². The molecule has 0 aliphatic carbocycles. The average molecular weight is 390 g/mol. The molecule has 2 aliphatic heterocycles. The zero-order valence-corrected chi connectivity index (χ0v) is 17.0. The molecule has 6 nitrogen and oxygen atoms in total. The minimum atomic E-state index is 0.0959. The topological polar surface area (TPSA) is 62.5 Å². The van der Waals surface area contributed by atoms with Crippen molar-refractivity contribution < 1.29 is 9.21 Å². The second-order valence-electron chi connectivity index (χ2n) is 8.36. The fraction of sp³-hybridized carbons (Fsp3) is 0.435. The molecule has 29 heavy (non-hydrogen) atoms. The Hall–Kier alpha value is -2.73. The smallest absolute Gasteiger partial charge is 0.253 e. The number of piperidine rings is 1. The minimum absolute atomic E-state index is 0.0959. The molecule has 0 bridgehead atoms. The summed E-state index contributed by atoms with van der Waals surface area (Å²) in [4.78, 5) is 26.8. The summed E-state index contributed by atoms with van der Waals surface area (Å²) >= 11 is 0. The summed E-state index contributed by atoms with van der Waals surface area (Å²) in [5, 5.41) is 0.983. The maximum Gasteiger partial charge on any atom is 0.253 e. The molecule has 1 aromatic carbocycles. The molecule has 0 radical (unpaired) electrons. The van der Waals surface area contributed by atoms with E-state index in [2.05, 4.69) is 16.9 Å². The highest BCUT2D eigenvalue weighted by molar-refractivity contribution is 5.97. The van der Waals surface area contributed by atoms with Gasteiger partial charge in [-0.15, -0.1) is 0 Å². The molecule has 1 amide bonds. The van der Waals surface area contributed by atoms with Crippen LogP contribution in [0.5, 0.6) is 0 Å². The first-order chi connectivity index (χ1) is 14.1. The Labute approximate surface area is 170 Å². The number of carbonyl (C=O) groups excluding carboxylic acids is 1. The van der Waals surface area contributed by atoms with Gasteiger partial charge in [-0.2, -0.15) is 0 Å². The number of fused-ring (bicyclic) bond motifs is 2. The monoisotopic (exact) mass is 390 g/mol. The third-order valence-corrected chi connectivity index (χ3v) is 6.18. The normalized spacial score (nSPS) is 18.2. The third-order valence-electron chi connectivity index (χ3n) is 6.18. The van der Waals surface area contributed by atoms with E-state index < -0.39 is 0 Å². The number of aryl methyl sites for hydroxylation is 1. The quantitative estimate of drug-likeness (QED) is 0.670. The van der Waals surface area contributed by atoms with Crippen molar-refractivity contribution in [3.8, 4) is 0 Å². The molecule has 2 aromatic heterocycles. The molecule has 0 unspecified atom stereocenters. The van der Waals surface area contributed by atoms with Crippen molar-refractivity contribution in [1.29, 1.82) is 0 Å². The summed E-state index contributed by atoms with van der Waals surface area (Å²) in [5.41, 5.74) is 4.01. The van der Waals surface area contributed by atoms with Crippen LogP contribution in [0, 0.1) is 6.92 Å². The Morgan fingerprint density at radius 1 is 1.17 bits per heavy atom. The summed E-state index contributed by atoms with van der Waals surface area (Å²) in [6, 6.07) is 7.66. The zero-order chi connectivity index (χ0) is 20.0. The number of benzene rings is 1. The van der Waals surface area contributed by atoms with Gasteiger partial charge in [0.25, 0.3) is 5.91 Å². The summed E-state index contributed by atoms with van der Waals surface area (Å²) in [7, 11) is 2.13.